The van der Waals surface area contributed by atoms with E-state index in [2.05, 4.69) is 15.9 Å². The highest BCUT2D eigenvalue weighted by Crippen LogP contribution is 2.25. The lowest BCUT2D eigenvalue weighted by Crippen LogP contribution is -2.27. The topological polar surface area (TPSA) is 37.4 Å². The second kappa shape index (κ2) is 4.06. The van der Waals surface area contributed by atoms with E-state index in [1.54, 1.807) is 11.2 Å². The number of benzene rings is 1. The van der Waals surface area contributed by atoms with Gasteiger partial charge in [-0.2, -0.15) is 0 Å². The maximum atomic E-state index is 11.9. The van der Waals surface area contributed by atoms with Gasteiger partial charge in [-0.15, -0.1) is 0 Å². The van der Waals surface area contributed by atoms with Crippen LogP contribution in [0.5, 0.6) is 0 Å². The van der Waals surface area contributed by atoms with Gasteiger partial charge >= 0.3 is 0 Å². The third-order valence-electron chi connectivity index (χ3n) is 2.29. The number of carbonyl (C=O) groups excluding carboxylic acids is 1. The monoisotopic (exact) mass is 287 g/mol. The molecule has 1 amide bonds. The number of hydrogen-bond acceptors (Lipinski definition) is 2. The van der Waals surface area contributed by atoms with Gasteiger partial charge in [0.15, 0.2) is 0 Å². The molecule has 0 bridgehead atoms. The summed E-state index contributed by atoms with van der Waals surface area (Å²) in [6.07, 6.45) is 1.60. The van der Waals surface area contributed by atoms with Gasteiger partial charge in [-0.3, -0.25) is 9.00 Å². The lowest BCUT2D eigenvalue weighted by molar-refractivity contribution is 0.0806. The van der Waals surface area contributed by atoms with Gasteiger partial charge in [-0.05, 0) is 17.7 Å². The van der Waals surface area contributed by atoms with Gasteiger partial charge in [-0.25, -0.2) is 0 Å². The first-order chi connectivity index (χ1) is 7.08. The smallest absolute Gasteiger partial charge is 0.255 e. The number of rotatable bonds is 2. The minimum Gasteiger partial charge on any atom is -0.322 e. The van der Waals surface area contributed by atoms with Crippen molar-refractivity contribution in [2.75, 3.05) is 12.1 Å². The first-order valence-electron chi connectivity index (χ1n) is 4.45. The molecule has 1 atom stereocenters. The van der Waals surface area contributed by atoms with Crippen LogP contribution in [0.2, 0.25) is 0 Å². The molecule has 1 aliphatic rings. The molecule has 2 rings (SSSR count). The number of halogens is 1. The standard InChI is InChI=1S/C10H10BrNO2S/c1-15(14)6-12-5-7-2-3-8(11)4-9(7)10(12)13/h2-4H,5-6H2,1H3. The Labute approximate surface area is 99.0 Å². The number of amides is 1. The summed E-state index contributed by atoms with van der Waals surface area (Å²) >= 11 is 3.33. The van der Waals surface area contributed by atoms with E-state index in [0.717, 1.165) is 15.6 Å². The van der Waals surface area contributed by atoms with Crippen molar-refractivity contribution in [3.8, 4) is 0 Å². The third-order valence-corrected chi connectivity index (χ3v) is 3.46. The van der Waals surface area contributed by atoms with Crippen molar-refractivity contribution in [2.24, 2.45) is 0 Å². The fourth-order valence-corrected chi connectivity index (χ4v) is 2.67. The fraction of sp³-hybridized carbons (Fsp3) is 0.300. The van der Waals surface area contributed by atoms with Gasteiger partial charge in [0, 0.05) is 33.6 Å². The van der Waals surface area contributed by atoms with E-state index in [-0.39, 0.29) is 5.91 Å². The van der Waals surface area contributed by atoms with E-state index in [1.165, 1.54) is 0 Å². The minimum absolute atomic E-state index is 0.0264. The Morgan fingerprint density at radius 2 is 2.27 bits per heavy atom. The van der Waals surface area contributed by atoms with Crippen molar-refractivity contribution in [1.82, 2.24) is 4.90 Å². The zero-order valence-electron chi connectivity index (χ0n) is 8.20. The van der Waals surface area contributed by atoms with Gasteiger partial charge in [0.1, 0.15) is 0 Å². The van der Waals surface area contributed by atoms with Crippen LogP contribution in [0.3, 0.4) is 0 Å². The normalized spacial score (nSPS) is 16.7. The van der Waals surface area contributed by atoms with Crippen molar-refractivity contribution in [1.29, 1.82) is 0 Å². The third kappa shape index (κ3) is 2.13. The van der Waals surface area contributed by atoms with Crippen LogP contribution in [0.1, 0.15) is 15.9 Å². The summed E-state index contributed by atoms with van der Waals surface area (Å²) in [5.41, 5.74) is 1.73. The van der Waals surface area contributed by atoms with Crippen LogP contribution in [0.15, 0.2) is 22.7 Å². The maximum absolute atomic E-state index is 11.9. The molecule has 1 unspecified atom stereocenters. The highest BCUT2D eigenvalue weighted by molar-refractivity contribution is 9.10. The van der Waals surface area contributed by atoms with Crippen LogP contribution in [-0.4, -0.2) is 27.1 Å². The Bertz CT molecular complexity index is 447. The molecule has 3 nitrogen and oxygen atoms in total. The van der Waals surface area contributed by atoms with E-state index in [1.807, 2.05) is 18.2 Å². The molecule has 5 heteroatoms. The van der Waals surface area contributed by atoms with Crippen LogP contribution in [0, 0.1) is 0 Å². The molecule has 0 N–H and O–H groups in total. The first kappa shape index (κ1) is 10.8. The quantitative estimate of drug-likeness (QED) is 0.831. The molecular formula is C10H10BrNO2S. The molecule has 0 aromatic heterocycles. The zero-order valence-corrected chi connectivity index (χ0v) is 10.6. The average molecular weight is 288 g/mol. The van der Waals surface area contributed by atoms with Crippen LogP contribution in [-0.2, 0) is 17.3 Å². The predicted molar refractivity (Wildman–Crippen MR) is 62.9 cm³/mol. The highest BCUT2D eigenvalue weighted by atomic mass is 79.9. The van der Waals surface area contributed by atoms with Crippen LogP contribution < -0.4 is 0 Å². The van der Waals surface area contributed by atoms with Crippen molar-refractivity contribution in [2.45, 2.75) is 6.54 Å². The highest BCUT2D eigenvalue weighted by Gasteiger charge is 2.27. The average Bonchev–Trinajstić information content (AvgIpc) is 2.44. The van der Waals surface area contributed by atoms with Gasteiger partial charge in [0.25, 0.3) is 5.91 Å². The zero-order chi connectivity index (χ0) is 11.0. The van der Waals surface area contributed by atoms with E-state index in [9.17, 15) is 9.00 Å². The minimum atomic E-state index is -0.976. The molecule has 1 aliphatic heterocycles. The second-order valence-electron chi connectivity index (χ2n) is 3.51. The summed E-state index contributed by atoms with van der Waals surface area (Å²) in [7, 11) is -0.976. The largest absolute Gasteiger partial charge is 0.322 e. The summed E-state index contributed by atoms with van der Waals surface area (Å²) in [6, 6.07) is 5.66. The lowest BCUT2D eigenvalue weighted by atomic mass is 10.1. The van der Waals surface area contributed by atoms with Crippen molar-refractivity contribution in [3.63, 3.8) is 0 Å². The number of nitrogens with zero attached hydrogens (tertiary/aromatic N) is 1. The SMILES string of the molecule is CS(=O)CN1Cc2ccc(Br)cc2C1=O. The number of hydrogen-bond donors (Lipinski definition) is 0. The van der Waals surface area contributed by atoms with Crippen molar-refractivity contribution < 1.29 is 9.00 Å². The van der Waals surface area contributed by atoms with Gasteiger partial charge < -0.3 is 4.90 Å². The Morgan fingerprint density at radius 1 is 1.53 bits per heavy atom. The Kier molecular flexibility index (Phi) is 2.93. The second-order valence-corrected chi connectivity index (χ2v) is 5.83. The first-order valence-corrected chi connectivity index (χ1v) is 6.97. The van der Waals surface area contributed by atoms with Crippen molar-refractivity contribution >= 4 is 32.6 Å². The molecule has 1 aromatic rings. The molecule has 15 heavy (non-hydrogen) atoms. The van der Waals surface area contributed by atoms with Gasteiger partial charge in [0.2, 0.25) is 0 Å². The summed E-state index contributed by atoms with van der Waals surface area (Å²) in [4.78, 5) is 13.5. The fourth-order valence-electron chi connectivity index (χ4n) is 1.66. The molecule has 1 heterocycles. The molecule has 80 valence electrons. The molecule has 0 aliphatic carbocycles. The summed E-state index contributed by atoms with van der Waals surface area (Å²) in [5.74, 6) is 0.284. The molecule has 0 spiro atoms. The van der Waals surface area contributed by atoms with Crippen LogP contribution >= 0.6 is 15.9 Å². The molecule has 1 aromatic carbocycles. The van der Waals surface area contributed by atoms with Crippen LogP contribution in [0.25, 0.3) is 0 Å². The number of carbonyl (C=O) groups is 1. The predicted octanol–water partition coefficient (Wildman–Crippen LogP) is 1.74. The molecule has 0 fully saturated rings. The molecule has 0 saturated carbocycles. The maximum Gasteiger partial charge on any atom is 0.255 e. The van der Waals surface area contributed by atoms with E-state index >= 15 is 0 Å². The van der Waals surface area contributed by atoms with Gasteiger partial charge in [0.05, 0.1) is 5.88 Å². The molecular weight excluding hydrogens is 278 g/mol. The van der Waals surface area contributed by atoms with E-state index in [4.69, 9.17) is 0 Å². The summed E-state index contributed by atoms with van der Waals surface area (Å²) < 4.78 is 12.0. The summed E-state index contributed by atoms with van der Waals surface area (Å²) in [5, 5.41) is 0. The summed E-state index contributed by atoms with van der Waals surface area (Å²) in [6.45, 7) is 0.570. The Morgan fingerprint density at radius 3 is 2.93 bits per heavy atom. The molecule has 0 radical (unpaired) electrons. The van der Waals surface area contributed by atoms with Crippen LogP contribution in [0.4, 0.5) is 0 Å². The van der Waals surface area contributed by atoms with E-state index < -0.39 is 10.8 Å². The van der Waals surface area contributed by atoms with Crippen molar-refractivity contribution in [3.05, 3.63) is 33.8 Å². The Balaban J connectivity index is 2.29. The lowest BCUT2D eigenvalue weighted by Gasteiger charge is -2.12. The molecule has 0 saturated heterocycles. The number of fused-ring (bicyclic) bond motifs is 1. The Hall–Kier alpha value is -0.680. The van der Waals surface area contributed by atoms with Gasteiger partial charge in [-0.1, -0.05) is 22.0 Å². The van der Waals surface area contributed by atoms with E-state index in [0.29, 0.717) is 12.4 Å².